The van der Waals surface area contributed by atoms with Gasteiger partial charge in [-0.15, -0.1) is 0 Å². The van der Waals surface area contributed by atoms with Crippen molar-refractivity contribution in [2.24, 2.45) is 0 Å². The Morgan fingerprint density at radius 1 is 1.21 bits per heavy atom. The van der Waals surface area contributed by atoms with Crippen LogP contribution < -0.4 is 10.1 Å². The second-order valence-electron chi connectivity index (χ2n) is 6.03. The fourth-order valence-corrected chi connectivity index (χ4v) is 3.93. The number of para-hydroxylation sites is 1. The van der Waals surface area contributed by atoms with E-state index >= 15 is 0 Å². The highest BCUT2D eigenvalue weighted by Gasteiger charge is 2.23. The van der Waals surface area contributed by atoms with Crippen LogP contribution in [0.5, 0.6) is 5.75 Å². The first-order valence-electron chi connectivity index (χ1n) is 8.77. The molecule has 5 nitrogen and oxygen atoms in total. The van der Waals surface area contributed by atoms with E-state index < -0.39 is 0 Å². The number of aromatic nitrogens is 2. The van der Waals surface area contributed by atoms with Gasteiger partial charge in [-0.25, -0.2) is 4.68 Å². The van der Waals surface area contributed by atoms with Crippen LogP contribution in [0.1, 0.15) is 12.5 Å². The van der Waals surface area contributed by atoms with Gasteiger partial charge in [-0.1, -0.05) is 54.3 Å². The summed E-state index contributed by atoms with van der Waals surface area (Å²) < 4.78 is 7.90. The van der Waals surface area contributed by atoms with Crippen molar-refractivity contribution in [3.63, 3.8) is 0 Å². The fraction of sp³-hybridized carbons (Fsp3) is 0.0952. The summed E-state index contributed by atoms with van der Waals surface area (Å²) in [6, 6.07) is 17.6. The molecule has 1 aliphatic heterocycles. The zero-order chi connectivity index (χ0) is 19.5. The van der Waals surface area contributed by atoms with Gasteiger partial charge in [0.2, 0.25) is 0 Å². The van der Waals surface area contributed by atoms with Crippen LogP contribution in [-0.2, 0) is 4.79 Å². The van der Waals surface area contributed by atoms with Gasteiger partial charge in [0.25, 0.3) is 5.91 Å². The maximum absolute atomic E-state index is 12.1. The van der Waals surface area contributed by atoms with E-state index in [1.165, 1.54) is 11.8 Å². The van der Waals surface area contributed by atoms with Gasteiger partial charge in [-0.3, -0.25) is 4.79 Å². The molecule has 7 heteroatoms. The second kappa shape index (κ2) is 8.00. The molecule has 0 spiro atoms. The number of benzene rings is 2. The van der Waals surface area contributed by atoms with Crippen molar-refractivity contribution >= 4 is 40.3 Å². The van der Waals surface area contributed by atoms with Crippen molar-refractivity contribution in [1.29, 1.82) is 0 Å². The molecule has 2 aromatic carbocycles. The lowest BCUT2D eigenvalue weighted by Gasteiger charge is -2.05. The summed E-state index contributed by atoms with van der Waals surface area (Å²) in [4.78, 5) is 12.7. The smallest absolute Gasteiger partial charge is 0.263 e. The van der Waals surface area contributed by atoms with Crippen LogP contribution in [0, 0.1) is 0 Å². The number of ether oxygens (including phenoxy) is 1. The van der Waals surface area contributed by atoms with E-state index in [0.29, 0.717) is 15.8 Å². The van der Waals surface area contributed by atoms with E-state index in [9.17, 15) is 4.79 Å². The number of carbonyl (C=O) groups is 1. The van der Waals surface area contributed by atoms with Crippen LogP contribution in [0.3, 0.4) is 0 Å². The molecule has 0 unspecified atom stereocenters. The molecule has 28 heavy (non-hydrogen) atoms. The predicted octanol–water partition coefficient (Wildman–Crippen LogP) is 4.43. The quantitative estimate of drug-likeness (QED) is 0.501. The van der Waals surface area contributed by atoms with Crippen LogP contribution in [0.2, 0.25) is 0 Å². The van der Waals surface area contributed by atoms with Crippen LogP contribution in [0.15, 0.2) is 65.7 Å². The number of hydrogen-bond donors (Lipinski definition) is 1. The third-order valence-corrected chi connectivity index (χ3v) is 5.27. The van der Waals surface area contributed by atoms with Gasteiger partial charge >= 0.3 is 0 Å². The summed E-state index contributed by atoms with van der Waals surface area (Å²) in [6.45, 7) is 2.54. The molecule has 0 bridgehead atoms. The molecular formula is C21H17N3O2S2. The lowest BCUT2D eigenvalue weighted by atomic mass is 10.1. The Balaban J connectivity index is 1.83. The van der Waals surface area contributed by atoms with Gasteiger partial charge in [-0.2, -0.15) is 5.10 Å². The zero-order valence-corrected chi connectivity index (χ0v) is 16.7. The van der Waals surface area contributed by atoms with Crippen LogP contribution >= 0.6 is 24.0 Å². The lowest BCUT2D eigenvalue weighted by Crippen LogP contribution is -2.17. The molecule has 1 aromatic heterocycles. The van der Waals surface area contributed by atoms with Gasteiger partial charge in [0.15, 0.2) is 0 Å². The van der Waals surface area contributed by atoms with Crippen LogP contribution in [0.25, 0.3) is 23.0 Å². The lowest BCUT2D eigenvalue weighted by molar-refractivity contribution is -0.115. The molecule has 4 rings (SSSR count). The Labute approximate surface area is 172 Å². The first kappa shape index (κ1) is 18.5. The van der Waals surface area contributed by atoms with Crippen molar-refractivity contribution in [1.82, 2.24) is 15.1 Å². The van der Waals surface area contributed by atoms with Crippen molar-refractivity contribution in [3.05, 3.63) is 71.3 Å². The maximum Gasteiger partial charge on any atom is 0.263 e. The van der Waals surface area contributed by atoms with Crippen molar-refractivity contribution in [3.8, 4) is 22.7 Å². The van der Waals surface area contributed by atoms with E-state index in [1.807, 2.05) is 78.5 Å². The number of nitrogens with zero attached hydrogens (tertiary/aromatic N) is 2. The molecular weight excluding hydrogens is 390 g/mol. The Morgan fingerprint density at radius 3 is 2.75 bits per heavy atom. The minimum Gasteiger partial charge on any atom is -0.494 e. The predicted molar refractivity (Wildman–Crippen MR) is 116 cm³/mol. The molecule has 0 saturated carbocycles. The van der Waals surface area contributed by atoms with Gasteiger partial charge in [0.05, 0.1) is 17.2 Å². The summed E-state index contributed by atoms with van der Waals surface area (Å²) in [6.07, 6.45) is 3.74. The third kappa shape index (κ3) is 3.85. The first-order chi connectivity index (χ1) is 13.6. The highest BCUT2D eigenvalue weighted by molar-refractivity contribution is 8.26. The molecule has 2 heterocycles. The molecule has 1 aliphatic rings. The van der Waals surface area contributed by atoms with Crippen molar-refractivity contribution in [2.75, 3.05) is 6.61 Å². The number of thiocarbonyl (C=S) groups is 1. The molecule has 1 saturated heterocycles. The van der Waals surface area contributed by atoms with Gasteiger partial charge < -0.3 is 10.1 Å². The van der Waals surface area contributed by atoms with Crippen LogP contribution in [0.4, 0.5) is 0 Å². The average molecular weight is 408 g/mol. The van der Waals surface area contributed by atoms with Crippen LogP contribution in [-0.4, -0.2) is 26.6 Å². The Morgan fingerprint density at radius 2 is 2.04 bits per heavy atom. The molecule has 1 amide bonds. The number of amides is 1. The topological polar surface area (TPSA) is 56.1 Å². The number of nitrogens with one attached hydrogen (secondary N) is 1. The standard InChI is InChI=1S/C21H17N3O2S2/c1-2-26-17-10-6-7-14(11-17)19-15(12-18-20(25)22-21(27)28-18)13-24(23-19)16-8-4-3-5-9-16/h3-13H,2H2,1H3,(H,22,25,27)/b18-12+. The Hall–Kier alpha value is -2.90. The summed E-state index contributed by atoms with van der Waals surface area (Å²) in [5.41, 5.74) is 3.45. The zero-order valence-electron chi connectivity index (χ0n) is 15.1. The molecule has 140 valence electrons. The molecule has 0 radical (unpaired) electrons. The van der Waals surface area contributed by atoms with E-state index in [0.717, 1.165) is 28.3 Å². The molecule has 1 N–H and O–H groups in total. The van der Waals surface area contributed by atoms with Crippen molar-refractivity contribution < 1.29 is 9.53 Å². The molecule has 3 aromatic rings. The summed E-state index contributed by atoms with van der Waals surface area (Å²) >= 11 is 6.36. The second-order valence-corrected chi connectivity index (χ2v) is 7.75. The van der Waals surface area contributed by atoms with Gasteiger partial charge in [0, 0.05) is 17.3 Å². The fourth-order valence-electron chi connectivity index (χ4n) is 2.89. The van der Waals surface area contributed by atoms with E-state index in [4.69, 9.17) is 22.1 Å². The SMILES string of the molecule is CCOc1cccc(-c2nn(-c3ccccc3)cc2/C=C2/SC(=S)NC2=O)c1. The summed E-state index contributed by atoms with van der Waals surface area (Å²) in [7, 11) is 0. The first-order valence-corrected chi connectivity index (χ1v) is 9.99. The maximum atomic E-state index is 12.1. The summed E-state index contributed by atoms with van der Waals surface area (Å²) in [5, 5.41) is 7.43. The Bertz CT molecular complexity index is 1070. The van der Waals surface area contributed by atoms with E-state index in [2.05, 4.69) is 5.32 Å². The number of thioether (sulfide) groups is 1. The van der Waals surface area contributed by atoms with E-state index in [1.54, 1.807) is 0 Å². The van der Waals surface area contributed by atoms with Gasteiger partial charge in [-0.05, 0) is 37.3 Å². The minimum absolute atomic E-state index is 0.184. The normalized spacial score (nSPS) is 15.1. The number of hydrogen-bond acceptors (Lipinski definition) is 5. The highest BCUT2D eigenvalue weighted by Crippen LogP contribution is 2.32. The largest absolute Gasteiger partial charge is 0.494 e. The highest BCUT2D eigenvalue weighted by atomic mass is 32.2. The van der Waals surface area contributed by atoms with Crippen molar-refractivity contribution in [2.45, 2.75) is 6.92 Å². The van der Waals surface area contributed by atoms with Gasteiger partial charge in [0.1, 0.15) is 15.8 Å². The van der Waals surface area contributed by atoms with E-state index in [-0.39, 0.29) is 5.91 Å². The molecule has 0 aliphatic carbocycles. The molecule has 0 atom stereocenters. The minimum atomic E-state index is -0.184. The number of rotatable bonds is 5. The number of carbonyl (C=O) groups excluding carboxylic acids is 1. The average Bonchev–Trinajstić information content (AvgIpc) is 3.26. The third-order valence-electron chi connectivity index (χ3n) is 4.11. The summed E-state index contributed by atoms with van der Waals surface area (Å²) in [5.74, 6) is 0.596. The Kier molecular flexibility index (Phi) is 5.27. The molecule has 1 fully saturated rings. The monoisotopic (exact) mass is 407 g/mol.